The van der Waals surface area contributed by atoms with E-state index in [2.05, 4.69) is 21.2 Å². The zero-order chi connectivity index (χ0) is 21.3. The van der Waals surface area contributed by atoms with Gasteiger partial charge in [-0.05, 0) is 57.2 Å². The molecule has 6 heteroatoms. The minimum Gasteiger partial charge on any atom is -0.497 e. The normalized spacial score (nSPS) is 19.1. The molecular weight excluding hydrogens is 378 g/mol. The predicted molar refractivity (Wildman–Crippen MR) is 120 cm³/mol. The molecule has 0 spiro atoms. The van der Waals surface area contributed by atoms with Crippen LogP contribution >= 0.6 is 0 Å². The van der Waals surface area contributed by atoms with Crippen molar-refractivity contribution in [2.75, 3.05) is 46.9 Å². The Labute approximate surface area is 181 Å². The van der Waals surface area contributed by atoms with Crippen LogP contribution in [0.15, 0.2) is 29.8 Å². The number of hydrogen-bond donors (Lipinski definition) is 1. The van der Waals surface area contributed by atoms with Gasteiger partial charge in [0.05, 0.1) is 20.3 Å². The highest BCUT2D eigenvalue weighted by Crippen LogP contribution is 2.26. The van der Waals surface area contributed by atoms with Gasteiger partial charge in [-0.15, -0.1) is 0 Å². The molecule has 2 aliphatic rings. The van der Waals surface area contributed by atoms with Crippen molar-refractivity contribution in [3.63, 3.8) is 0 Å². The summed E-state index contributed by atoms with van der Waals surface area (Å²) < 4.78 is 10.9. The van der Waals surface area contributed by atoms with E-state index in [9.17, 15) is 4.79 Å². The Morgan fingerprint density at radius 2 is 1.93 bits per heavy atom. The number of amides is 1. The first-order valence-electron chi connectivity index (χ1n) is 11.2. The molecule has 0 bridgehead atoms. The average Bonchev–Trinajstić information content (AvgIpc) is 2.79. The molecule has 0 radical (unpaired) electrons. The number of carbonyl (C=O) groups excluding carboxylic acids is 1. The zero-order valence-corrected chi connectivity index (χ0v) is 18.8. The van der Waals surface area contributed by atoms with Crippen molar-refractivity contribution >= 4 is 5.91 Å². The van der Waals surface area contributed by atoms with Crippen molar-refractivity contribution in [1.82, 2.24) is 15.1 Å². The van der Waals surface area contributed by atoms with Crippen LogP contribution in [0.4, 0.5) is 0 Å². The molecule has 30 heavy (non-hydrogen) atoms. The van der Waals surface area contributed by atoms with Gasteiger partial charge >= 0.3 is 0 Å². The van der Waals surface area contributed by atoms with Crippen molar-refractivity contribution in [3.05, 3.63) is 35.4 Å². The maximum atomic E-state index is 12.6. The number of nitrogens with one attached hydrogen (secondary N) is 1. The molecule has 1 atom stereocenters. The number of carbonyl (C=O) groups is 1. The second kappa shape index (κ2) is 11.4. The Bertz CT molecular complexity index is 726. The van der Waals surface area contributed by atoms with Crippen LogP contribution in [0.2, 0.25) is 0 Å². The predicted octanol–water partition coefficient (Wildman–Crippen LogP) is 3.22. The van der Waals surface area contributed by atoms with Gasteiger partial charge in [-0.25, -0.2) is 0 Å². The standard InChI is InChI=1S/C24H37N3O3/c1-19(24(28)25-12-11-20-7-5-4-6-8-20)27-15-13-26(14-16-27)18-21-17-22(29-2)9-10-23(21)30-3/h7,9-10,17,19H,4-6,8,11-16,18H2,1-3H3,(H,25,28). The highest BCUT2D eigenvalue weighted by atomic mass is 16.5. The first-order valence-corrected chi connectivity index (χ1v) is 11.2. The lowest BCUT2D eigenvalue weighted by molar-refractivity contribution is -0.126. The van der Waals surface area contributed by atoms with Crippen LogP contribution in [0, 0.1) is 0 Å². The molecule has 6 nitrogen and oxygen atoms in total. The molecule has 0 aromatic heterocycles. The zero-order valence-electron chi connectivity index (χ0n) is 18.8. The molecule has 1 heterocycles. The number of methoxy groups -OCH3 is 2. The molecular formula is C24H37N3O3. The van der Waals surface area contributed by atoms with Crippen molar-refractivity contribution < 1.29 is 14.3 Å². The van der Waals surface area contributed by atoms with Gasteiger partial charge in [0.2, 0.25) is 5.91 Å². The molecule has 1 aromatic carbocycles. The van der Waals surface area contributed by atoms with E-state index in [4.69, 9.17) is 9.47 Å². The molecule has 3 rings (SSSR count). The summed E-state index contributed by atoms with van der Waals surface area (Å²) in [5.41, 5.74) is 2.64. The largest absolute Gasteiger partial charge is 0.497 e. The molecule has 1 fully saturated rings. The van der Waals surface area contributed by atoms with Crippen molar-refractivity contribution in [1.29, 1.82) is 0 Å². The highest BCUT2D eigenvalue weighted by Gasteiger charge is 2.26. The van der Waals surface area contributed by atoms with Gasteiger partial charge in [0, 0.05) is 44.8 Å². The summed E-state index contributed by atoms with van der Waals surface area (Å²) >= 11 is 0. The van der Waals surface area contributed by atoms with E-state index in [0.717, 1.165) is 62.8 Å². The highest BCUT2D eigenvalue weighted by molar-refractivity contribution is 5.81. The van der Waals surface area contributed by atoms with E-state index < -0.39 is 0 Å². The number of ether oxygens (including phenoxy) is 2. The number of nitrogens with zero attached hydrogens (tertiary/aromatic N) is 2. The number of benzene rings is 1. The van der Waals surface area contributed by atoms with E-state index in [1.165, 1.54) is 31.3 Å². The molecule has 1 amide bonds. The van der Waals surface area contributed by atoms with Gasteiger partial charge in [0.15, 0.2) is 0 Å². The Morgan fingerprint density at radius 1 is 1.13 bits per heavy atom. The maximum Gasteiger partial charge on any atom is 0.237 e. The van der Waals surface area contributed by atoms with E-state index in [0.29, 0.717) is 0 Å². The van der Waals surface area contributed by atoms with Gasteiger partial charge in [0.1, 0.15) is 11.5 Å². The fraction of sp³-hybridized carbons (Fsp3) is 0.625. The summed E-state index contributed by atoms with van der Waals surface area (Å²) in [5, 5.41) is 3.14. The minimum absolute atomic E-state index is 0.0844. The SMILES string of the molecule is COc1ccc(OC)c(CN2CCN(C(C)C(=O)NCCC3=CCCCC3)CC2)c1. The van der Waals surface area contributed by atoms with Gasteiger partial charge < -0.3 is 14.8 Å². The summed E-state index contributed by atoms with van der Waals surface area (Å²) in [5.74, 6) is 1.88. The van der Waals surface area contributed by atoms with Crippen molar-refractivity contribution in [2.45, 2.75) is 51.6 Å². The summed E-state index contributed by atoms with van der Waals surface area (Å²) in [6.45, 7) is 7.26. The smallest absolute Gasteiger partial charge is 0.237 e. The summed E-state index contributed by atoms with van der Waals surface area (Å²) in [6.07, 6.45) is 8.35. The topological polar surface area (TPSA) is 54.0 Å². The molecule has 166 valence electrons. The number of rotatable bonds is 9. The molecule has 1 aromatic rings. The number of allylic oxidation sites excluding steroid dienone is 1. The maximum absolute atomic E-state index is 12.6. The van der Waals surface area contributed by atoms with Crippen LogP contribution in [0.25, 0.3) is 0 Å². The van der Waals surface area contributed by atoms with Gasteiger partial charge in [-0.2, -0.15) is 0 Å². The van der Waals surface area contributed by atoms with E-state index in [1.807, 2.05) is 25.1 Å². The first-order chi connectivity index (χ1) is 14.6. The van der Waals surface area contributed by atoms with Crippen LogP contribution in [-0.4, -0.2) is 68.7 Å². The fourth-order valence-corrected chi connectivity index (χ4v) is 4.35. The van der Waals surface area contributed by atoms with Crippen LogP contribution < -0.4 is 14.8 Å². The number of hydrogen-bond acceptors (Lipinski definition) is 5. The van der Waals surface area contributed by atoms with Crippen LogP contribution in [0.3, 0.4) is 0 Å². The Hall–Kier alpha value is -2.05. The minimum atomic E-state index is -0.0844. The summed E-state index contributed by atoms with van der Waals surface area (Å²) in [4.78, 5) is 17.3. The molecule has 1 aliphatic carbocycles. The van der Waals surface area contributed by atoms with Gasteiger partial charge in [0.25, 0.3) is 0 Å². The first kappa shape index (κ1) is 22.6. The second-order valence-electron chi connectivity index (χ2n) is 8.32. The van der Waals surface area contributed by atoms with Crippen molar-refractivity contribution in [2.24, 2.45) is 0 Å². The third-order valence-corrected chi connectivity index (χ3v) is 6.35. The summed E-state index contributed by atoms with van der Waals surface area (Å²) in [7, 11) is 3.39. The molecule has 1 unspecified atom stereocenters. The monoisotopic (exact) mass is 415 g/mol. The van der Waals surface area contributed by atoms with E-state index in [-0.39, 0.29) is 11.9 Å². The lowest BCUT2D eigenvalue weighted by atomic mass is 9.97. The Morgan fingerprint density at radius 3 is 2.60 bits per heavy atom. The van der Waals surface area contributed by atoms with Crippen molar-refractivity contribution in [3.8, 4) is 11.5 Å². The third-order valence-electron chi connectivity index (χ3n) is 6.35. The number of piperazine rings is 1. The molecule has 1 saturated heterocycles. The molecule has 1 aliphatic heterocycles. The van der Waals surface area contributed by atoms with Crippen LogP contribution in [0.5, 0.6) is 11.5 Å². The van der Waals surface area contributed by atoms with E-state index in [1.54, 1.807) is 14.2 Å². The molecule has 0 saturated carbocycles. The van der Waals surface area contributed by atoms with E-state index >= 15 is 0 Å². The quantitative estimate of drug-likeness (QED) is 0.628. The lowest BCUT2D eigenvalue weighted by Crippen LogP contribution is -2.53. The fourth-order valence-electron chi connectivity index (χ4n) is 4.35. The van der Waals surface area contributed by atoms with Crippen LogP contribution in [-0.2, 0) is 11.3 Å². The average molecular weight is 416 g/mol. The third kappa shape index (κ3) is 6.22. The second-order valence-corrected chi connectivity index (χ2v) is 8.32. The Balaban J connectivity index is 1.43. The Kier molecular flexibility index (Phi) is 8.58. The van der Waals surface area contributed by atoms with Crippen LogP contribution in [0.1, 0.15) is 44.6 Å². The lowest BCUT2D eigenvalue weighted by Gasteiger charge is -2.37. The summed E-state index contributed by atoms with van der Waals surface area (Å²) in [6, 6.07) is 5.84. The van der Waals surface area contributed by atoms with Gasteiger partial charge in [-0.3, -0.25) is 14.6 Å². The molecule has 1 N–H and O–H groups in total. The van der Waals surface area contributed by atoms with Gasteiger partial charge in [-0.1, -0.05) is 11.6 Å².